The van der Waals surface area contributed by atoms with E-state index in [0.29, 0.717) is 0 Å². The van der Waals surface area contributed by atoms with Gasteiger partial charge in [-0.1, -0.05) is 29.8 Å². The average molecular weight is 312 g/mol. The predicted octanol–water partition coefficient (Wildman–Crippen LogP) is 3.94. The van der Waals surface area contributed by atoms with Gasteiger partial charge in [0.05, 0.1) is 12.8 Å². The van der Waals surface area contributed by atoms with Gasteiger partial charge in [0.2, 0.25) is 0 Å². The number of nitrogens with one attached hydrogen (secondary N) is 1. The van der Waals surface area contributed by atoms with Crippen LogP contribution in [0.1, 0.15) is 11.6 Å². The lowest BCUT2D eigenvalue weighted by Crippen LogP contribution is -2.23. The summed E-state index contributed by atoms with van der Waals surface area (Å²) < 4.78 is 32.3. The highest BCUT2D eigenvalue weighted by Gasteiger charge is 2.25. The van der Waals surface area contributed by atoms with Crippen LogP contribution in [0.15, 0.2) is 42.5 Å². The molecule has 0 spiro atoms. The van der Waals surface area contributed by atoms with E-state index in [2.05, 4.69) is 10.1 Å². The first-order valence-electron chi connectivity index (χ1n) is 6.06. The van der Waals surface area contributed by atoms with E-state index in [4.69, 9.17) is 11.6 Å². The van der Waals surface area contributed by atoms with Gasteiger partial charge in [0.1, 0.15) is 11.6 Å². The first-order chi connectivity index (χ1) is 10.0. The van der Waals surface area contributed by atoms with Crippen LogP contribution in [-0.2, 0) is 9.53 Å². The Morgan fingerprint density at radius 2 is 1.90 bits per heavy atom. The summed E-state index contributed by atoms with van der Waals surface area (Å²) in [6, 6.07) is 8.48. The first kappa shape index (κ1) is 15.3. The molecule has 0 aromatic heterocycles. The van der Waals surface area contributed by atoms with Crippen LogP contribution in [0.25, 0.3) is 0 Å². The van der Waals surface area contributed by atoms with Crippen molar-refractivity contribution in [1.29, 1.82) is 0 Å². The fourth-order valence-electron chi connectivity index (χ4n) is 1.85. The maximum absolute atomic E-state index is 14.0. The monoisotopic (exact) mass is 311 g/mol. The quantitative estimate of drug-likeness (QED) is 0.869. The summed E-state index contributed by atoms with van der Waals surface area (Å²) in [6.45, 7) is 0. The molecule has 0 radical (unpaired) electrons. The van der Waals surface area contributed by atoms with Crippen LogP contribution < -0.4 is 5.32 Å². The van der Waals surface area contributed by atoms with Crippen molar-refractivity contribution in [2.75, 3.05) is 12.4 Å². The molecule has 0 amide bonds. The summed E-state index contributed by atoms with van der Waals surface area (Å²) in [7, 11) is 1.17. The van der Waals surface area contributed by atoms with Gasteiger partial charge in [-0.25, -0.2) is 13.6 Å². The van der Waals surface area contributed by atoms with Crippen molar-refractivity contribution < 1.29 is 18.3 Å². The van der Waals surface area contributed by atoms with E-state index in [1.807, 2.05) is 0 Å². The van der Waals surface area contributed by atoms with Crippen LogP contribution in [0.2, 0.25) is 5.02 Å². The number of para-hydroxylation sites is 1. The van der Waals surface area contributed by atoms with Crippen LogP contribution in [0.4, 0.5) is 14.5 Å². The Labute approximate surface area is 125 Å². The van der Waals surface area contributed by atoms with E-state index >= 15 is 0 Å². The standard InChI is InChI=1S/C15H12ClF2NO2/c1-21-15(20)14(10-7-6-9(16)8-12(10)18)19-13-5-3-2-4-11(13)17/h2-8,14,19H,1H3. The van der Waals surface area contributed by atoms with Gasteiger partial charge in [-0.15, -0.1) is 0 Å². The summed E-state index contributed by atoms with van der Waals surface area (Å²) >= 11 is 5.68. The maximum Gasteiger partial charge on any atom is 0.333 e. The average Bonchev–Trinajstić information content (AvgIpc) is 2.46. The van der Waals surface area contributed by atoms with Crippen molar-refractivity contribution in [3.05, 3.63) is 64.7 Å². The van der Waals surface area contributed by atoms with Gasteiger partial charge in [0, 0.05) is 10.6 Å². The zero-order valence-corrected chi connectivity index (χ0v) is 11.8. The number of benzene rings is 2. The lowest BCUT2D eigenvalue weighted by Gasteiger charge is -2.19. The summed E-state index contributed by atoms with van der Waals surface area (Å²) in [5, 5.41) is 2.84. The molecule has 0 fully saturated rings. The number of methoxy groups -OCH3 is 1. The molecular formula is C15H12ClF2NO2. The van der Waals surface area contributed by atoms with Gasteiger partial charge in [0.25, 0.3) is 0 Å². The lowest BCUT2D eigenvalue weighted by molar-refractivity contribution is -0.141. The molecule has 2 rings (SSSR count). The smallest absolute Gasteiger partial charge is 0.333 e. The van der Waals surface area contributed by atoms with Crippen molar-refractivity contribution in [1.82, 2.24) is 0 Å². The molecule has 0 saturated carbocycles. The fourth-order valence-corrected chi connectivity index (χ4v) is 2.01. The van der Waals surface area contributed by atoms with Gasteiger partial charge in [0.15, 0.2) is 6.04 Å². The van der Waals surface area contributed by atoms with Crippen molar-refractivity contribution in [2.45, 2.75) is 6.04 Å². The van der Waals surface area contributed by atoms with Gasteiger partial charge in [-0.3, -0.25) is 0 Å². The number of carbonyl (C=O) groups is 1. The minimum Gasteiger partial charge on any atom is -0.467 e. The third-order valence-electron chi connectivity index (χ3n) is 2.88. The number of anilines is 1. The third-order valence-corrected chi connectivity index (χ3v) is 3.12. The molecule has 110 valence electrons. The van der Waals surface area contributed by atoms with Crippen LogP contribution >= 0.6 is 11.6 Å². The third kappa shape index (κ3) is 3.49. The largest absolute Gasteiger partial charge is 0.467 e. The molecule has 6 heteroatoms. The van der Waals surface area contributed by atoms with Crippen molar-refractivity contribution in [3.63, 3.8) is 0 Å². The number of halogens is 3. The Hall–Kier alpha value is -2.14. The van der Waals surface area contributed by atoms with Crippen LogP contribution in [0, 0.1) is 11.6 Å². The highest BCUT2D eigenvalue weighted by molar-refractivity contribution is 6.30. The Bertz CT molecular complexity index is 664. The van der Waals surface area contributed by atoms with Crippen molar-refractivity contribution in [3.8, 4) is 0 Å². The van der Waals surface area contributed by atoms with Gasteiger partial charge < -0.3 is 10.1 Å². The highest BCUT2D eigenvalue weighted by Crippen LogP contribution is 2.26. The topological polar surface area (TPSA) is 38.3 Å². The van der Waals surface area contributed by atoms with E-state index in [0.717, 1.165) is 6.07 Å². The molecule has 1 N–H and O–H groups in total. The minimum atomic E-state index is -1.18. The summed E-state index contributed by atoms with van der Waals surface area (Å²) in [4.78, 5) is 11.9. The number of ether oxygens (including phenoxy) is 1. The predicted molar refractivity (Wildman–Crippen MR) is 76.2 cm³/mol. The second-order valence-electron chi connectivity index (χ2n) is 4.25. The molecule has 1 atom stereocenters. The molecule has 0 aliphatic rings. The Kier molecular flexibility index (Phi) is 4.75. The zero-order valence-electron chi connectivity index (χ0n) is 11.1. The van der Waals surface area contributed by atoms with E-state index in [-0.39, 0.29) is 16.3 Å². The molecule has 0 aliphatic heterocycles. The molecule has 0 bridgehead atoms. The van der Waals surface area contributed by atoms with E-state index in [9.17, 15) is 13.6 Å². The van der Waals surface area contributed by atoms with Crippen molar-refractivity contribution in [2.24, 2.45) is 0 Å². The summed E-state index contributed by atoms with van der Waals surface area (Å²) in [5.74, 6) is -1.97. The summed E-state index contributed by atoms with van der Waals surface area (Å²) in [5.41, 5.74) is 0.0942. The Morgan fingerprint density at radius 1 is 1.19 bits per heavy atom. The SMILES string of the molecule is COC(=O)C(Nc1ccccc1F)c1ccc(Cl)cc1F. The number of rotatable bonds is 4. The molecule has 0 saturated heterocycles. The van der Waals surface area contributed by atoms with E-state index in [1.54, 1.807) is 6.07 Å². The number of esters is 1. The molecule has 1 unspecified atom stereocenters. The number of hydrogen-bond donors (Lipinski definition) is 1. The number of hydrogen-bond acceptors (Lipinski definition) is 3. The second kappa shape index (κ2) is 6.54. The normalized spacial score (nSPS) is 11.8. The maximum atomic E-state index is 14.0. The van der Waals surface area contributed by atoms with E-state index < -0.39 is 23.6 Å². The van der Waals surface area contributed by atoms with Crippen LogP contribution in [0.5, 0.6) is 0 Å². The van der Waals surface area contributed by atoms with Crippen molar-refractivity contribution >= 4 is 23.3 Å². The van der Waals surface area contributed by atoms with Gasteiger partial charge in [-0.05, 0) is 24.3 Å². The first-order valence-corrected chi connectivity index (χ1v) is 6.44. The summed E-state index contributed by atoms with van der Waals surface area (Å²) in [6.07, 6.45) is 0. The minimum absolute atomic E-state index is 0.0227. The molecule has 21 heavy (non-hydrogen) atoms. The molecule has 0 aliphatic carbocycles. The second-order valence-corrected chi connectivity index (χ2v) is 4.68. The molecule has 2 aromatic rings. The van der Waals surface area contributed by atoms with Gasteiger partial charge >= 0.3 is 5.97 Å². The Balaban J connectivity index is 2.40. The highest BCUT2D eigenvalue weighted by atomic mass is 35.5. The zero-order chi connectivity index (χ0) is 15.4. The molecular weight excluding hydrogens is 300 g/mol. The van der Waals surface area contributed by atoms with Gasteiger partial charge in [-0.2, -0.15) is 0 Å². The molecule has 0 heterocycles. The van der Waals surface area contributed by atoms with E-state index in [1.165, 1.54) is 37.4 Å². The molecule has 2 aromatic carbocycles. The van der Waals surface area contributed by atoms with Crippen LogP contribution in [0.3, 0.4) is 0 Å². The number of carbonyl (C=O) groups excluding carboxylic acids is 1. The Morgan fingerprint density at radius 3 is 2.52 bits per heavy atom. The lowest BCUT2D eigenvalue weighted by atomic mass is 10.1. The molecule has 3 nitrogen and oxygen atoms in total. The van der Waals surface area contributed by atoms with Crippen LogP contribution in [-0.4, -0.2) is 13.1 Å². The fraction of sp³-hybridized carbons (Fsp3) is 0.133.